The summed E-state index contributed by atoms with van der Waals surface area (Å²) in [6, 6.07) is 9.73. The molecule has 118 valence electrons. The molecule has 0 amide bonds. The number of carbonyl (C=O) groups is 1. The first-order valence-corrected chi connectivity index (χ1v) is 7.55. The molecule has 1 atom stereocenters. The SMILES string of the molecule is CC(C)CC(C(=O)O)c1nnc2cnc(-c3ccccc3)cn12. The van der Waals surface area contributed by atoms with Gasteiger partial charge < -0.3 is 5.11 Å². The molecule has 0 radical (unpaired) electrons. The first kappa shape index (κ1) is 15.1. The zero-order valence-corrected chi connectivity index (χ0v) is 13.0. The van der Waals surface area contributed by atoms with Crippen LogP contribution in [0.5, 0.6) is 0 Å². The van der Waals surface area contributed by atoms with Crippen molar-refractivity contribution in [1.82, 2.24) is 19.6 Å². The van der Waals surface area contributed by atoms with Crippen molar-refractivity contribution in [2.75, 3.05) is 0 Å². The van der Waals surface area contributed by atoms with Gasteiger partial charge in [0.2, 0.25) is 0 Å². The summed E-state index contributed by atoms with van der Waals surface area (Å²) in [5, 5.41) is 17.7. The molecule has 0 saturated carbocycles. The molecule has 2 aromatic heterocycles. The van der Waals surface area contributed by atoms with Crippen molar-refractivity contribution in [3.8, 4) is 11.3 Å². The van der Waals surface area contributed by atoms with Gasteiger partial charge in [0, 0.05) is 11.8 Å². The lowest BCUT2D eigenvalue weighted by Gasteiger charge is -2.13. The zero-order valence-electron chi connectivity index (χ0n) is 13.0. The van der Waals surface area contributed by atoms with Crippen LogP contribution in [0.2, 0.25) is 0 Å². The Bertz CT molecular complexity index is 827. The van der Waals surface area contributed by atoms with E-state index in [1.54, 1.807) is 16.8 Å². The Hall–Kier alpha value is -2.76. The smallest absolute Gasteiger partial charge is 0.314 e. The third-order valence-corrected chi connectivity index (χ3v) is 3.71. The Kier molecular flexibility index (Phi) is 4.06. The number of hydrogen-bond donors (Lipinski definition) is 1. The van der Waals surface area contributed by atoms with Gasteiger partial charge in [0.15, 0.2) is 11.5 Å². The monoisotopic (exact) mass is 310 g/mol. The first-order valence-electron chi connectivity index (χ1n) is 7.55. The van der Waals surface area contributed by atoms with E-state index in [1.165, 1.54) is 0 Å². The summed E-state index contributed by atoms with van der Waals surface area (Å²) < 4.78 is 1.73. The van der Waals surface area contributed by atoms with Gasteiger partial charge in [-0.05, 0) is 12.3 Å². The highest BCUT2D eigenvalue weighted by atomic mass is 16.4. The molecule has 0 spiro atoms. The molecule has 1 aromatic carbocycles. The lowest BCUT2D eigenvalue weighted by atomic mass is 9.96. The molecule has 23 heavy (non-hydrogen) atoms. The van der Waals surface area contributed by atoms with Gasteiger partial charge in [-0.15, -0.1) is 10.2 Å². The lowest BCUT2D eigenvalue weighted by molar-refractivity contribution is -0.139. The largest absolute Gasteiger partial charge is 0.481 e. The third kappa shape index (κ3) is 3.06. The second kappa shape index (κ2) is 6.16. The van der Waals surface area contributed by atoms with Crippen LogP contribution in [0.15, 0.2) is 42.7 Å². The van der Waals surface area contributed by atoms with E-state index in [4.69, 9.17) is 0 Å². The minimum absolute atomic E-state index is 0.249. The number of aliphatic carboxylic acids is 1. The molecule has 1 unspecified atom stereocenters. The molecule has 6 nitrogen and oxygen atoms in total. The predicted octanol–water partition coefficient (Wildman–Crippen LogP) is 3.01. The van der Waals surface area contributed by atoms with Crippen molar-refractivity contribution >= 4 is 11.6 Å². The van der Waals surface area contributed by atoms with Gasteiger partial charge >= 0.3 is 5.97 Å². The van der Waals surface area contributed by atoms with Crippen molar-refractivity contribution in [1.29, 1.82) is 0 Å². The van der Waals surface area contributed by atoms with Gasteiger partial charge in [0.1, 0.15) is 5.92 Å². The average Bonchev–Trinajstić information content (AvgIpc) is 2.96. The van der Waals surface area contributed by atoms with E-state index >= 15 is 0 Å². The first-order chi connectivity index (χ1) is 11.1. The molecule has 0 bridgehead atoms. The van der Waals surface area contributed by atoms with Crippen LogP contribution in [-0.2, 0) is 4.79 Å². The number of benzene rings is 1. The maximum atomic E-state index is 11.6. The van der Waals surface area contributed by atoms with Gasteiger partial charge in [-0.25, -0.2) is 0 Å². The summed E-state index contributed by atoms with van der Waals surface area (Å²) in [6.45, 7) is 3.99. The topological polar surface area (TPSA) is 80.4 Å². The van der Waals surface area contributed by atoms with Crippen molar-refractivity contribution < 1.29 is 9.90 Å². The number of hydrogen-bond acceptors (Lipinski definition) is 4. The van der Waals surface area contributed by atoms with Crippen LogP contribution in [0, 0.1) is 5.92 Å². The second-order valence-electron chi connectivity index (χ2n) is 5.95. The number of aromatic nitrogens is 4. The molecule has 2 heterocycles. The number of fused-ring (bicyclic) bond motifs is 1. The molecule has 0 aliphatic carbocycles. The van der Waals surface area contributed by atoms with E-state index in [2.05, 4.69) is 15.2 Å². The Morgan fingerprint density at radius 1 is 1.22 bits per heavy atom. The maximum absolute atomic E-state index is 11.6. The van der Waals surface area contributed by atoms with Gasteiger partial charge in [-0.2, -0.15) is 0 Å². The fourth-order valence-corrected chi connectivity index (χ4v) is 2.60. The minimum atomic E-state index is -0.883. The van der Waals surface area contributed by atoms with E-state index in [1.807, 2.05) is 44.2 Å². The van der Waals surface area contributed by atoms with E-state index in [0.717, 1.165) is 11.3 Å². The number of carboxylic acids is 1. The highest BCUT2D eigenvalue weighted by Crippen LogP contribution is 2.24. The van der Waals surface area contributed by atoms with Crippen molar-refractivity contribution in [3.63, 3.8) is 0 Å². The predicted molar refractivity (Wildman–Crippen MR) is 86.0 cm³/mol. The van der Waals surface area contributed by atoms with E-state index in [0.29, 0.717) is 17.9 Å². The minimum Gasteiger partial charge on any atom is -0.481 e. The summed E-state index contributed by atoms with van der Waals surface area (Å²) in [6.07, 6.45) is 3.93. The van der Waals surface area contributed by atoms with Gasteiger partial charge in [-0.1, -0.05) is 44.2 Å². The maximum Gasteiger partial charge on any atom is 0.314 e. The normalized spacial score (nSPS) is 12.7. The summed E-state index contributed by atoms with van der Waals surface area (Å²) in [4.78, 5) is 16.0. The number of rotatable bonds is 5. The Morgan fingerprint density at radius 2 is 1.96 bits per heavy atom. The fraction of sp³-hybridized carbons (Fsp3) is 0.294. The van der Waals surface area contributed by atoms with Crippen molar-refractivity contribution in [3.05, 3.63) is 48.5 Å². The Labute approximate surface area is 133 Å². The molecular formula is C17H18N4O2. The summed E-state index contributed by atoms with van der Waals surface area (Å²) >= 11 is 0. The highest BCUT2D eigenvalue weighted by Gasteiger charge is 2.26. The molecule has 3 rings (SSSR count). The van der Waals surface area contributed by atoms with Crippen molar-refractivity contribution in [2.45, 2.75) is 26.2 Å². The van der Waals surface area contributed by atoms with Crippen LogP contribution in [0.4, 0.5) is 0 Å². The van der Waals surface area contributed by atoms with Crippen LogP contribution in [0.1, 0.15) is 32.0 Å². The van der Waals surface area contributed by atoms with Crippen LogP contribution in [-0.4, -0.2) is 30.7 Å². The third-order valence-electron chi connectivity index (χ3n) is 3.71. The molecule has 1 N–H and O–H groups in total. The Balaban J connectivity index is 2.09. The summed E-state index contributed by atoms with van der Waals surface area (Å²) in [5.41, 5.74) is 2.27. The molecule has 6 heteroatoms. The quantitative estimate of drug-likeness (QED) is 0.783. The fourth-order valence-electron chi connectivity index (χ4n) is 2.60. The Morgan fingerprint density at radius 3 is 2.61 bits per heavy atom. The molecule has 3 aromatic rings. The molecule has 0 aliphatic heterocycles. The molecule has 0 saturated heterocycles. The molecule has 0 aliphatic rings. The average molecular weight is 310 g/mol. The summed E-state index contributed by atoms with van der Waals surface area (Å²) in [7, 11) is 0. The highest BCUT2D eigenvalue weighted by molar-refractivity contribution is 5.75. The zero-order chi connectivity index (χ0) is 16.4. The summed E-state index contributed by atoms with van der Waals surface area (Å²) in [5.74, 6) is -0.873. The molecule has 0 fully saturated rings. The standard InChI is InChI=1S/C17H18N4O2/c1-11(2)8-13(17(22)23)16-20-19-15-9-18-14(10-21(15)16)12-6-4-3-5-7-12/h3-7,9-11,13H,8H2,1-2H3,(H,22,23). The van der Waals surface area contributed by atoms with E-state index in [9.17, 15) is 9.90 Å². The van der Waals surface area contributed by atoms with Crippen LogP contribution in [0.3, 0.4) is 0 Å². The van der Waals surface area contributed by atoms with E-state index < -0.39 is 11.9 Å². The number of nitrogens with zero attached hydrogens (tertiary/aromatic N) is 4. The van der Waals surface area contributed by atoms with Crippen molar-refractivity contribution in [2.24, 2.45) is 5.92 Å². The second-order valence-corrected chi connectivity index (χ2v) is 5.95. The van der Waals surface area contributed by atoms with E-state index in [-0.39, 0.29) is 5.92 Å². The van der Waals surface area contributed by atoms with Gasteiger partial charge in [-0.3, -0.25) is 14.2 Å². The van der Waals surface area contributed by atoms with Crippen LogP contribution < -0.4 is 0 Å². The molecular weight excluding hydrogens is 292 g/mol. The number of carboxylic acid groups (broad SMARTS) is 1. The van der Waals surface area contributed by atoms with Crippen LogP contribution >= 0.6 is 0 Å². The van der Waals surface area contributed by atoms with Gasteiger partial charge in [0.05, 0.1) is 11.9 Å². The lowest BCUT2D eigenvalue weighted by Crippen LogP contribution is -2.17. The van der Waals surface area contributed by atoms with Gasteiger partial charge in [0.25, 0.3) is 0 Å². The van der Waals surface area contributed by atoms with Crippen LogP contribution in [0.25, 0.3) is 16.9 Å².